The van der Waals surface area contributed by atoms with E-state index >= 15 is 0 Å². The molecule has 1 atom stereocenters. The van der Waals surface area contributed by atoms with E-state index in [9.17, 15) is 0 Å². The summed E-state index contributed by atoms with van der Waals surface area (Å²) in [5.41, 5.74) is 9.71. The van der Waals surface area contributed by atoms with Gasteiger partial charge in [0, 0.05) is 27.3 Å². The molecule has 10 rings (SSSR count). The van der Waals surface area contributed by atoms with Crippen molar-refractivity contribution in [3.8, 4) is 11.1 Å². The van der Waals surface area contributed by atoms with E-state index in [4.69, 9.17) is 9.41 Å². The summed E-state index contributed by atoms with van der Waals surface area (Å²) in [5, 5.41) is 12.6. The second kappa shape index (κ2) is 10.0. The van der Waals surface area contributed by atoms with Crippen molar-refractivity contribution in [2.45, 2.75) is 6.04 Å². The molecule has 0 spiro atoms. The number of allylic oxidation sites excluding steroid dienone is 2. The molecule has 1 aromatic heterocycles. The summed E-state index contributed by atoms with van der Waals surface area (Å²) in [6, 6.07) is 46.4. The Morgan fingerprint density at radius 2 is 1.33 bits per heavy atom. The van der Waals surface area contributed by atoms with Crippen LogP contribution < -0.4 is 21.2 Å². The van der Waals surface area contributed by atoms with Crippen LogP contribution in [0.2, 0.25) is 0 Å². The summed E-state index contributed by atoms with van der Waals surface area (Å²) in [6.45, 7) is 0. The first-order chi connectivity index (χ1) is 22.8. The molecule has 0 fully saturated rings. The van der Waals surface area contributed by atoms with Crippen molar-refractivity contribution >= 4 is 73.7 Å². The number of benzene rings is 6. The minimum Gasteiger partial charge on any atom is -0.456 e. The minimum atomic E-state index is -0.643. The summed E-state index contributed by atoms with van der Waals surface area (Å²) in [6.07, 6.45) is 8.41. The van der Waals surface area contributed by atoms with E-state index in [0.29, 0.717) is 0 Å². The zero-order valence-electron chi connectivity index (χ0n) is 24.8. The molecule has 0 saturated heterocycles. The molecule has 1 N–H and O–H groups in total. The van der Waals surface area contributed by atoms with E-state index in [1.165, 1.54) is 48.9 Å². The van der Waals surface area contributed by atoms with Gasteiger partial charge in [-0.2, -0.15) is 0 Å². The van der Waals surface area contributed by atoms with Crippen LogP contribution in [0.15, 0.2) is 161 Å². The fourth-order valence-corrected chi connectivity index (χ4v) is 9.58. The highest BCUT2D eigenvalue weighted by Gasteiger charge is 2.32. The van der Waals surface area contributed by atoms with Gasteiger partial charge in [0.25, 0.3) is 0 Å². The number of hydrogen-bond donors (Lipinski definition) is 1. The highest BCUT2D eigenvalue weighted by Crippen LogP contribution is 2.48. The molecule has 3 aliphatic rings. The van der Waals surface area contributed by atoms with Gasteiger partial charge in [-0.15, -0.1) is 0 Å². The summed E-state index contributed by atoms with van der Waals surface area (Å²) in [5.74, 6) is 0. The molecule has 0 amide bonds. The van der Waals surface area contributed by atoms with Crippen molar-refractivity contribution in [3.63, 3.8) is 0 Å². The summed E-state index contributed by atoms with van der Waals surface area (Å²) in [7, 11) is -0.643. The minimum absolute atomic E-state index is 0.0883. The van der Waals surface area contributed by atoms with Crippen molar-refractivity contribution in [1.82, 2.24) is 5.32 Å². The number of fused-ring (bicyclic) bond motifs is 7. The average Bonchev–Trinajstić information content (AvgIpc) is 3.64. The van der Waals surface area contributed by atoms with Crippen LogP contribution >= 0.6 is 7.92 Å². The van der Waals surface area contributed by atoms with Gasteiger partial charge < -0.3 is 9.73 Å². The first-order valence-electron chi connectivity index (χ1n) is 15.7. The third kappa shape index (κ3) is 3.86. The highest BCUT2D eigenvalue weighted by molar-refractivity contribution is 7.79. The first-order valence-corrected chi connectivity index (χ1v) is 17.0. The Morgan fingerprint density at radius 1 is 0.587 bits per heavy atom. The molecule has 0 bridgehead atoms. The molecular weight excluding hydrogens is 579 g/mol. The largest absolute Gasteiger partial charge is 0.456 e. The second-order valence-corrected chi connectivity index (χ2v) is 14.2. The maximum Gasteiger partial charge on any atom is 0.136 e. The van der Waals surface area contributed by atoms with Crippen LogP contribution in [-0.4, -0.2) is 11.8 Å². The van der Waals surface area contributed by atoms with Crippen LogP contribution in [0.25, 0.3) is 55.2 Å². The fraction of sp³-hybridized carbons (Fsp3) is 0.0238. The molecule has 1 unspecified atom stereocenters. The molecule has 2 heterocycles. The van der Waals surface area contributed by atoms with E-state index in [1.54, 1.807) is 0 Å². The van der Waals surface area contributed by atoms with Gasteiger partial charge in [0.15, 0.2) is 0 Å². The fourth-order valence-electron chi connectivity index (χ4n) is 7.30. The van der Waals surface area contributed by atoms with Gasteiger partial charge in [0.05, 0.1) is 23.1 Å². The van der Waals surface area contributed by atoms with Crippen LogP contribution in [0.5, 0.6) is 0 Å². The van der Waals surface area contributed by atoms with Gasteiger partial charge in [-0.05, 0) is 64.6 Å². The van der Waals surface area contributed by atoms with Gasteiger partial charge in [-0.3, -0.25) is 0 Å². The molecule has 3 nitrogen and oxygen atoms in total. The molecule has 4 heteroatoms. The van der Waals surface area contributed by atoms with Crippen molar-refractivity contribution in [3.05, 3.63) is 163 Å². The average molecular weight is 607 g/mol. The quantitative estimate of drug-likeness (QED) is 0.203. The molecule has 1 aliphatic heterocycles. The highest BCUT2D eigenvalue weighted by atomic mass is 31.1. The van der Waals surface area contributed by atoms with Gasteiger partial charge in [0.2, 0.25) is 0 Å². The maximum absolute atomic E-state index is 6.54. The third-order valence-electron chi connectivity index (χ3n) is 9.38. The van der Waals surface area contributed by atoms with Crippen LogP contribution in [0.1, 0.15) is 11.1 Å². The third-order valence-corrected chi connectivity index (χ3v) is 11.8. The van der Waals surface area contributed by atoms with Crippen LogP contribution in [-0.2, 0) is 0 Å². The van der Waals surface area contributed by atoms with Gasteiger partial charge in [-0.1, -0.05) is 127 Å². The van der Waals surface area contributed by atoms with Crippen molar-refractivity contribution in [2.24, 2.45) is 4.99 Å². The van der Waals surface area contributed by atoms with Gasteiger partial charge in [0.1, 0.15) is 11.2 Å². The Morgan fingerprint density at radius 3 is 2.11 bits per heavy atom. The molecule has 0 radical (unpaired) electrons. The predicted octanol–water partition coefficient (Wildman–Crippen LogP) is 8.84. The Balaban J connectivity index is 1.08. The molecule has 46 heavy (non-hydrogen) atoms. The number of nitrogens with one attached hydrogen (secondary N) is 1. The molecule has 216 valence electrons. The Bertz CT molecular complexity index is 2450. The lowest BCUT2D eigenvalue weighted by atomic mass is 9.97. The van der Waals surface area contributed by atoms with E-state index in [2.05, 4.69) is 157 Å². The van der Waals surface area contributed by atoms with E-state index < -0.39 is 7.92 Å². The Labute approximate surface area is 267 Å². The maximum atomic E-state index is 6.54. The van der Waals surface area contributed by atoms with E-state index in [-0.39, 0.29) is 6.04 Å². The van der Waals surface area contributed by atoms with Gasteiger partial charge in [-0.25, -0.2) is 4.99 Å². The lowest BCUT2D eigenvalue weighted by Gasteiger charge is -2.25. The monoisotopic (exact) mass is 606 g/mol. The zero-order valence-corrected chi connectivity index (χ0v) is 25.7. The first kappa shape index (κ1) is 25.8. The number of rotatable bonds is 4. The van der Waals surface area contributed by atoms with Crippen LogP contribution in [0.4, 0.5) is 0 Å². The van der Waals surface area contributed by atoms with Gasteiger partial charge >= 0.3 is 0 Å². The molecule has 7 aromatic rings. The second-order valence-electron chi connectivity index (χ2n) is 12.0. The molecule has 0 saturated carbocycles. The Kier molecular flexibility index (Phi) is 5.61. The Hall–Kier alpha value is -5.50. The number of furan rings is 1. The number of aliphatic imine (C=N–C) groups is 1. The lowest BCUT2D eigenvalue weighted by molar-refractivity contribution is 0.669. The molecule has 6 aromatic carbocycles. The van der Waals surface area contributed by atoms with E-state index in [1.807, 2.05) is 0 Å². The smallest absolute Gasteiger partial charge is 0.136 e. The SMILES string of the molecule is C1=CC2=NC3=C(NC2C=C1)c1cc2oc4ccc(-c5ccc(P(c6ccccc6)c6ccccc6)cc5)cc4c2c2cccc3c12. The van der Waals surface area contributed by atoms with E-state index in [0.717, 1.165) is 39.0 Å². The summed E-state index contributed by atoms with van der Waals surface area (Å²) >= 11 is 0. The number of hydrogen-bond acceptors (Lipinski definition) is 3. The molecular formula is C42H27N2OP. The van der Waals surface area contributed by atoms with Crippen molar-refractivity contribution in [1.29, 1.82) is 0 Å². The molecule has 2 aliphatic carbocycles. The van der Waals surface area contributed by atoms with Crippen molar-refractivity contribution < 1.29 is 4.42 Å². The lowest BCUT2D eigenvalue weighted by Crippen LogP contribution is -2.36. The topological polar surface area (TPSA) is 37.5 Å². The predicted molar refractivity (Wildman–Crippen MR) is 195 cm³/mol. The normalized spacial score (nSPS) is 16.3. The van der Waals surface area contributed by atoms with Crippen LogP contribution in [0.3, 0.4) is 0 Å². The zero-order chi connectivity index (χ0) is 30.2. The number of nitrogens with zero attached hydrogens (tertiary/aromatic N) is 1. The summed E-state index contributed by atoms with van der Waals surface area (Å²) in [4.78, 5) is 5.12. The van der Waals surface area contributed by atoms with Crippen molar-refractivity contribution in [2.75, 3.05) is 0 Å². The van der Waals surface area contributed by atoms with Crippen LogP contribution in [0, 0.1) is 0 Å². The summed E-state index contributed by atoms with van der Waals surface area (Å²) < 4.78 is 6.54. The standard InChI is InChI=1S/C42H27N2OP/c1-3-10-28(11-4-1)46(29-12-5-2-6-13-29)30-21-18-26(19-22-30)27-20-23-37-33(24-27)40-31-14-9-15-32-39(31)34(25-38(40)45-37)42-41(32)43-35-16-7-8-17-36(35)44-42/h1-25,36,44H.